The standard InChI is InChI=1S/C23H49NO3S/c1-6-22(7-2,8-3)16-11-13-19-27-20-14-12-17-23(9-4,10-5)18-15-21-28(24,25)26/h6-21H2,1-5H3,(H2,24,25,26). The smallest absolute Gasteiger partial charge is 0.209 e. The maximum absolute atomic E-state index is 11.2. The van der Waals surface area contributed by atoms with Gasteiger partial charge in [-0.05, 0) is 49.4 Å². The van der Waals surface area contributed by atoms with Crippen molar-refractivity contribution in [3.05, 3.63) is 0 Å². The van der Waals surface area contributed by atoms with Gasteiger partial charge in [0.25, 0.3) is 0 Å². The Kier molecular flexibility index (Phi) is 14.7. The van der Waals surface area contributed by atoms with Crippen molar-refractivity contribution in [1.82, 2.24) is 0 Å². The predicted octanol–water partition coefficient (Wildman–Crippen LogP) is 6.44. The highest BCUT2D eigenvalue weighted by molar-refractivity contribution is 7.89. The molecule has 2 N–H and O–H groups in total. The Bertz CT molecular complexity index is 460. The lowest BCUT2D eigenvalue weighted by Crippen LogP contribution is -2.22. The fourth-order valence-electron chi connectivity index (χ4n) is 4.52. The fraction of sp³-hybridized carbons (Fsp3) is 1.00. The molecule has 0 unspecified atom stereocenters. The molecule has 0 radical (unpaired) electrons. The van der Waals surface area contributed by atoms with Crippen molar-refractivity contribution in [3.63, 3.8) is 0 Å². The summed E-state index contributed by atoms with van der Waals surface area (Å²) < 4.78 is 28.2. The summed E-state index contributed by atoms with van der Waals surface area (Å²) in [5.41, 5.74) is 0.807. The Morgan fingerprint density at radius 2 is 1.04 bits per heavy atom. The summed E-state index contributed by atoms with van der Waals surface area (Å²) in [6.45, 7) is 13.1. The highest BCUT2D eigenvalue weighted by atomic mass is 32.2. The van der Waals surface area contributed by atoms with Gasteiger partial charge >= 0.3 is 0 Å². The van der Waals surface area contributed by atoms with Gasteiger partial charge in [-0.1, -0.05) is 79.6 Å². The molecule has 0 aliphatic heterocycles. The highest BCUT2D eigenvalue weighted by Gasteiger charge is 2.25. The summed E-state index contributed by atoms with van der Waals surface area (Å²) in [5, 5.41) is 5.14. The topological polar surface area (TPSA) is 69.4 Å². The number of nitrogens with two attached hydrogens (primary N) is 1. The maximum Gasteiger partial charge on any atom is 0.209 e. The normalized spacial score (nSPS) is 13.2. The van der Waals surface area contributed by atoms with Gasteiger partial charge in [0, 0.05) is 13.2 Å². The van der Waals surface area contributed by atoms with Crippen molar-refractivity contribution in [3.8, 4) is 0 Å². The molecule has 4 nitrogen and oxygen atoms in total. The molecule has 0 aromatic carbocycles. The molecule has 0 rings (SSSR count). The van der Waals surface area contributed by atoms with Crippen LogP contribution in [0.3, 0.4) is 0 Å². The zero-order chi connectivity index (χ0) is 21.5. The molecule has 0 aliphatic rings. The molecule has 0 aromatic rings. The molecule has 170 valence electrons. The van der Waals surface area contributed by atoms with Gasteiger partial charge in [-0.2, -0.15) is 0 Å². The Morgan fingerprint density at radius 1 is 0.643 bits per heavy atom. The number of sulfonamides is 1. The van der Waals surface area contributed by atoms with E-state index in [1.165, 1.54) is 38.5 Å². The third-order valence-electron chi connectivity index (χ3n) is 7.38. The molecule has 5 heteroatoms. The summed E-state index contributed by atoms with van der Waals surface area (Å²) in [4.78, 5) is 0. The quantitative estimate of drug-likeness (QED) is 0.245. The minimum atomic E-state index is -3.34. The van der Waals surface area contributed by atoms with Gasteiger partial charge in [0.15, 0.2) is 0 Å². The Balaban J connectivity index is 3.94. The molecule has 0 bridgehead atoms. The van der Waals surface area contributed by atoms with E-state index in [2.05, 4.69) is 34.6 Å². The SMILES string of the molecule is CCC(CC)(CC)CCCCOCCCCC(CC)(CC)CCCS(N)(=O)=O. The van der Waals surface area contributed by atoms with E-state index in [4.69, 9.17) is 9.88 Å². The van der Waals surface area contributed by atoms with Crippen LogP contribution in [0, 0.1) is 10.8 Å². The van der Waals surface area contributed by atoms with Gasteiger partial charge in [-0.15, -0.1) is 0 Å². The average molecular weight is 420 g/mol. The van der Waals surface area contributed by atoms with Gasteiger partial charge in [0.05, 0.1) is 5.75 Å². The third-order valence-corrected chi connectivity index (χ3v) is 8.24. The first kappa shape index (κ1) is 27.9. The van der Waals surface area contributed by atoms with E-state index in [9.17, 15) is 8.42 Å². The predicted molar refractivity (Wildman–Crippen MR) is 122 cm³/mol. The Labute approximate surface area is 176 Å². The average Bonchev–Trinajstić information content (AvgIpc) is 2.68. The number of unbranched alkanes of at least 4 members (excludes halogenated alkanes) is 2. The maximum atomic E-state index is 11.2. The van der Waals surface area contributed by atoms with Gasteiger partial charge < -0.3 is 4.74 Å². The molecular formula is C23H49NO3S. The first-order valence-electron chi connectivity index (χ1n) is 11.8. The lowest BCUT2D eigenvalue weighted by Gasteiger charge is -2.32. The van der Waals surface area contributed by atoms with Crippen molar-refractivity contribution in [2.24, 2.45) is 16.0 Å². The van der Waals surface area contributed by atoms with Gasteiger partial charge in [-0.25, -0.2) is 13.6 Å². The first-order chi connectivity index (χ1) is 13.2. The molecule has 0 saturated heterocycles. The largest absolute Gasteiger partial charge is 0.381 e. The van der Waals surface area contributed by atoms with E-state index < -0.39 is 10.0 Å². The summed E-state index contributed by atoms with van der Waals surface area (Å²) in [5.74, 6) is 0.104. The lowest BCUT2D eigenvalue weighted by molar-refractivity contribution is 0.114. The summed E-state index contributed by atoms with van der Waals surface area (Å²) in [6.07, 6.45) is 14.9. The van der Waals surface area contributed by atoms with Crippen molar-refractivity contribution in [1.29, 1.82) is 0 Å². The van der Waals surface area contributed by atoms with Crippen LogP contribution < -0.4 is 5.14 Å². The molecular weight excluding hydrogens is 370 g/mol. The lowest BCUT2D eigenvalue weighted by atomic mass is 9.74. The van der Waals surface area contributed by atoms with Crippen molar-refractivity contribution < 1.29 is 13.2 Å². The minimum Gasteiger partial charge on any atom is -0.381 e. The van der Waals surface area contributed by atoms with Crippen molar-refractivity contribution in [2.45, 2.75) is 118 Å². The van der Waals surface area contributed by atoms with E-state index in [1.54, 1.807) is 0 Å². The third kappa shape index (κ3) is 11.8. The van der Waals surface area contributed by atoms with Crippen LogP contribution in [-0.4, -0.2) is 27.4 Å². The summed E-state index contributed by atoms with van der Waals surface area (Å²) in [6, 6.07) is 0. The summed E-state index contributed by atoms with van der Waals surface area (Å²) >= 11 is 0. The van der Waals surface area contributed by atoms with Gasteiger partial charge in [0.1, 0.15) is 0 Å². The highest BCUT2D eigenvalue weighted by Crippen LogP contribution is 2.38. The molecule has 0 amide bonds. The second-order valence-corrected chi connectivity index (χ2v) is 10.5. The number of rotatable bonds is 19. The Hall–Kier alpha value is -0.130. The fourth-order valence-corrected chi connectivity index (χ4v) is 5.07. The Morgan fingerprint density at radius 3 is 1.43 bits per heavy atom. The second kappa shape index (κ2) is 14.8. The van der Waals surface area contributed by atoms with Gasteiger partial charge in [0.2, 0.25) is 10.0 Å². The van der Waals surface area contributed by atoms with E-state index in [-0.39, 0.29) is 11.2 Å². The minimum absolute atomic E-state index is 0.104. The van der Waals surface area contributed by atoms with Crippen LogP contribution in [0.1, 0.15) is 118 Å². The molecule has 0 heterocycles. The van der Waals surface area contributed by atoms with Crippen LogP contribution >= 0.6 is 0 Å². The van der Waals surface area contributed by atoms with Crippen LogP contribution in [0.15, 0.2) is 0 Å². The molecule has 0 atom stereocenters. The first-order valence-corrected chi connectivity index (χ1v) is 13.5. The van der Waals surface area contributed by atoms with E-state index in [0.29, 0.717) is 11.8 Å². The van der Waals surface area contributed by atoms with Crippen LogP contribution in [0.4, 0.5) is 0 Å². The van der Waals surface area contributed by atoms with Crippen LogP contribution in [-0.2, 0) is 14.8 Å². The molecule has 0 aromatic heterocycles. The zero-order valence-corrected chi connectivity index (χ0v) is 20.3. The van der Waals surface area contributed by atoms with Crippen molar-refractivity contribution in [2.75, 3.05) is 19.0 Å². The number of hydrogen-bond donors (Lipinski definition) is 1. The van der Waals surface area contributed by atoms with E-state index in [0.717, 1.165) is 51.7 Å². The van der Waals surface area contributed by atoms with Crippen LogP contribution in [0.5, 0.6) is 0 Å². The summed E-state index contributed by atoms with van der Waals surface area (Å²) in [7, 11) is -3.34. The zero-order valence-electron chi connectivity index (χ0n) is 19.5. The monoisotopic (exact) mass is 419 g/mol. The van der Waals surface area contributed by atoms with Crippen LogP contribution in [0.2, 0.25) is 0 Å². The van der Waals surface area contributed by atoms with E-state index >= 15 is 0 Å². The second-order valence-electron chi connectivity index (χ2n) is 8.76. The molecule has 28 heavy (non-hydrogen) atoms. The van der Waals surface area contributed by atoms with E-state index in [1.807, 2.05) is 0 Å². The molecule has 0 saturated carbocycles. The number of hydrogen-bond acceptors (Lipinski definition) is 3. The van der Waals surface area contributed by atoms with Crippen molar-refractivity contribution >= 4 is 10.0 Å². The number of ether oxygens (including phenoxy) is 1. The molecule has 0 fully saturated rings. The van der Waals surface area contributed by atoms with Gasteiger partial charge in [-0.3, -0.25) is 0 Å². The molecule has 0 aliphatic carbocycles. The molecule has 0 spiro atoms. The van der Waals surface area contributed by atoms with Crippen LogP contribution in [0.25, 0.3) is 0 Å². The number of primary sulfonamides is 1.